The first-order chi connectivity index (χ1) is 12.1. The van der Waals surface area contributed by atoms with Crippen molar-refractivity contribution in [1.82, 2.24) is 0 Å². The molecule has 0 saturated heterocycles. The lowest BCUT2D eigenvalue weighted by atomic mass is 9.85. The smallest absolute Gasteiger partial charge is 0.312 e. The van der Waals surface area contributed by atoms with E-state index in [1.165, 1.54) is 30.4 Å². The summed E-state index contributed by atoms with van der Waals surface area (Å²) in [5, 5.41) is 0.419. The van der Waals surface area contributed by atoms with Crippen molar-refractivity contribution in [3.63, 3.8) is 0 Å². The number of methoxy groups -OCH3 is 1. The van der Waals surface area contributed by atoms with Crippen molar-refractivity contribution in [2.45, 2.75) is 39.5 Å². The molecule has 2 nitrogen and oxygen atoms in total. The summed E-state index contributed by atoms with van der Waals surface area (Å²) in [7, 11) is 1.41. The second-order valence-electron chi connectivity index (χ2n) is 5.81. The molecule has 0 amide bonds. The summed E-state index contributed by atoms with van der Waals surface area (Å²) in [6.45, 7) is 4.00. The number of halogens is 2. The fourth-order valence-electron chi connectivity index (χ4n) is 3.25. The molecular weight excluding hydrogens is 339 g/mol. The van der Waals surface area contributed by atoms with Crippen LogP contribution in [0.4, 0.5) is 4.39 Å². The van der Waals surface area contributed by atoms with Crippen LogP contribution in [0.15, 0.2) is 47.6 Å². The zero-order valence-electron chi connectivity index (χ0n) is 14.9. The van der Waals surface area contributed by atoms with Gasteiger partial charge < -0.3 is 4.74 Å². The molecule has 0 aliphatic heterocycles. The quantitative estimate of drug-likeness (QED) is 0.592. The van der Waals surface area contributed by atoms with Gasteiger partial charge in [-0.2, -0.15) is 0 Å². The predicted octanol–water partition coefficient (Wildman–Crippen LogP) is 6.12. The number of carbonyl (C=O) groups is 1. The van der Waals surface area contributed by atoms with Gasteiger partial charge in [0.15, 0.2) is 0 Å². The minimum atomic E-state index is -0.337. The predicted molar refractivity (Wildman–Crippen MR) is 101 cm³/mol. The molecule has 1 aromatic rings. The molecule has 0 aromatic heterocycles. The monoisotopic (exact) mass is 362 g/mol. The highest BCUT2D eigenvalue weighted by Crippen LogP contribution is 2.40. The van der Waals surface area contributed by atoms with E-state index in [2.05, 4.69) is 6.08 Å². The number of hydrogen-bond acceptors (Lipinski definition) is 2. The highest BCUT2D eigenvalue weighted by atomic mass is 35.5. The van der Waals surface area contributed by atoms with Gasteiger partial charge in [0.25, 0.3) is 0 Å². The van der Waals surface area contributed by atoms with E-state index in [0.29, 0.717) is 11.4 Å². The standard InChI is InChI=1S/C19H18ClFO2.C2H6/c1-23-19(22)13-6-5-12-3-2-4-16(15(12)9-7-13)17-10-8-14(21)11-18(17)20;1-2/h4-6,8,10-11,13H,2-3,7,9H2,1H3;1-2H3. The highest BCUT2D eigenvalue weighted by Gasteiger charge is 2.24. The summed E-state index contributed by atoms with van der Waals surface area (Å²) < 4.78 is 18.2. The SMILES string of the molecule is CC.COC(=O)C1C=CC2=C(CC1)C(c1ccc(F)cc1Cl)=CCC2. The summed E-state index contributed by atoms with van der Waals surface area (Å²) in [4.78, 5) is 11.8. The molecular formula is C21H24ClFO2. The molecule has 1 unspecified atom stereocenters. The van der Waals surface area contributed by atoms with Crippen molar-refractivity contribution in [2.75, 3.05) is 7.11 Å². The molecule has 0 heterocycles. The largest absolute Gasteiger partial charge is 0.469 e. The van der Waals surface area contributed by atoms with E-state index in [1.807, 2.05) is 26.0 Å². The van der Waals surface area contributed by atoms with Gasteiger partial charge in [0.2, 0.25) is 0 Å². The van der Waals surface area contributed by atoms with E-state index in [0.717, 1.165) is 30.4 Å². The van der Waals surface area contributed by atoms with Gasteiger partial charge in [-0.15, -0.1) is 0 Å². The van der Waals surface area contributed by atoms with Gasteiger partial charge in [-0.3, -0.25) is 4.79 Å². The lowest BCUT2D eigenvalue weighted by Crippen LogP contribution is -2.13. The maximum Gasteiger partial charge on any atom is 0.312 e. The molecule has 0 saturated carbocycles. The number of esters is 1. The molecule has 0 bridgehead atoms. The minimum Gasteiger partial charge on any atom is -0.469 e. The topological polar surface area (TPSA) is 26.3 Å². The Bertz CT molecular complexity index is 731. The van der Waals surface area contributed by atoms with E-state index >= 15 is 0 Å². The van der Waals surface area contributed by atoms with Gasteiger partial charge >= 0.3 is 5.97 Å². The normalized spacial score (nSPS) is 19.2. The van der Waals surface area contributed by atoms with E-state index in [1.54, 1.807) is 6.07 Å². The van der Waals surface area contributed by atoms with Crippen LogP contribution in [0.3, 0.4) is 0 Å². The zero-order chi connectivity index (χ0) is 18.4. The van der Waals surface area contributed by atoms with Gasteiger partial charge in [-0.05, 0) is 60.6 Å². The second kappa shape index (κ2) is 9.00. The molecule has 4 heteroatoms. The fraction of sp³-hybridized carbons (Fsp3) is 0.381. The van der Waals surface area contributed by atoms with Crippen LogP contribution in [0, 0.1) is 11.7 Å². The van der Waals surface area contributed by atoms with Crippen molar-refractivity contribution < 1.29 is 13.9 Å². The summed E-state index contributed by atoms with van der Waals surface area (Å²) >= 11 is 6.24. The number of carbonyl (C=O) groups excluding carboxylic acids is 1. The van der Waals surface area contributed by atoms with Crippen LogP contribution < -0.4 is 0 Å². The first kappa shape index (κ1) is 19.5. The van der Waals surface area contributed by atoms with E-state index in [9.17, 15) is 9.18 Å². The Balaban J connectivity index is 0.00000109. The van der Waals surface area contributed by atoms with Crippen molar-refractivity contribution >= 4 is 23.1 Å². The Morgan fingerprint density at radius 1 is 1.28 bits per heavy atom. The zero-order valence-corrected chi connectivity index (χ0v) is 15.7. The third kappa shape index (κ3) is 4.40. The average molecular weight is 363 g/mol. The Kier molecular flexibility index (Phi) is 7.01. The number of hydrogen-bond donors (Lipinski definition) is 0. The Labute approximate surface area is 154 Å². The molecule has 0 spiro atoms. The Morgan fingerprint density at radius 3 is 2.72 bits per heavy atom. The van der Waals surface area contributed by atoms with Crippen molar-refractivity contribution in [3.05, 3.63) is 64.0 Å². The summed E-state index contributed by atoms with van der Waals surface area (Å²) in [6, 6.07) is 4.50. The van der Waals surface area contributed by atoms with Crippen LogP contribution in [0.2, 0.25) is 5.02 Å². The first-order valence-corrected chi connectivity index (χ1v) is 9.12. The van der Waals surface area contributed by atoms with Crippen LogP contribution >= 0.6 is 11.6 Å². The van der Waals surface area contributed by atoms with Gasteiger partial charge in [0.05, 0.1) is 18.1 Å². The maximum atomic E-state index is 13.3. The second-order valence-corrected chi connectivity index (χ2v) is 6.22. The van der Waals surface area contributed by atoms with Crippen LogP contribution in [0.25, 0.3) is 5.57 Å². The number of allylic oxidation sites excluding steroid dienone is 5. The number of benzene rings is 1. The van der Waals surface area contributed by atoms with Gasteiger partial charge in [0.1, 0.15) is 5.82 Å². The van der Waals surface area contributed by atoms with Crippen molar-refractivity contribution in [1.29, 1.82) is 0 Å². The minimum absolute atomic E-state index is 0.202. The van der Waals surface area contributed by atoms with Gasteiger partial charge in [-0.1, -0.05) is 43.7 Å². The van der Waals surface area contributed by atoms with Crippen LogP contribution in [0.5, 0.6) is 0 Å². The van der Waals surface area contributed by atoms with Crippen molar-refractivity contribution in [2.24, 2.45) is 5.92 Å². The fourth-order valence-corrected chi connectivity index (χ4v) is 3.52. The number of rotatable bonds is 2. The molecule has 2 aliphatic carbocycles. The third-order valence-electron chi connectivity index (χ3n) is 4.44. The Morgan fingerprint density at radius 2 is 2.04 bits per heavy atom. The molecule has 1 atom stereocenters. The molecule has 2 aliphatic rings. The van der Waals surface area contributed by atoms with Crippen LogP contribution in [0.1, 0.15) is 45.1 Å². The van der Waals surface area contributed by atoms with Crippen LogP contribution in [-0.4, -0.2) is 13.1 Å². The first-order valence-electron chi connectivity index (χ1n) is 8.74. The summed E-state index contributed by atoms with van der Waals surface area (Å²) in [6.07, 6.45) is 9.47. The third-order valence-corrected chi connectivity index (χ3v) is 4.75. The molecule has 0 radical (unpaired) electrons. The van der Waals surface area contributed by atoms with Gasteiger partial charge in [-0.25, -0.2) is 4.39 Å². The molecule has 0 N–H and O–H groups in total. The molecule has 134 valence electrons. The van der Waals surface area contributed by atoms with Crippen molar-refractivity contribution in [3.8, 4) is 0 Å². The number of ether oxygens (including phenoxy) is 1. The molecule has 0 fully saturated rings. The summed E-state index contributed by atoms with van der Waals surface area (Å²) in [5.74, 6) is -0.752. The van der Waals surface area contributed by atoms with E-state index < -0.39 is 0 Å². The highest BCUT2D eigenvalue weighted by molar-refractivity contribution is 6.32. The van der Waals surface area contributed by atoms with Gasteiger partial charge in [0, 0.05) is 5.56 Å². The maximum absolute atomic E-state index is 13.3. The molecule has 25 heavy (non-hydrogen) atoms. The van der Waals surface area contributed by atoms with E-state index in [-0.39, 0.29) is 17.7 Å². The summed E-state index contributed by atoms with van der Waals surface area (Å²) in [5.41, 5.74) is 4.35. The van der Waals surface area contributed by atoms with Crippen LogP contribution in [-0.2, 0) is 9.53 Å². The lowest BCUT2D eigenvalue weighted by Gasteiger charge is -2.21. The van der Waals surface area contributed by atoms with E-state index in [4.69, 9.17) is 16.3 Å². The average Bonchev–Trinajstić information content (AvgIpc) is 2.85. The Hall–Kier alpha value is -1.87. The lowest BCUT2D eigenvalue weighted by molar-refractivity contribution is -0.143. The molecule has 1 aromatic carbocycles. The molecule has 3 rings (SSSR count).